The summed E-state index contributed by atoms with van der Waals surface area (Å²) in [7, 11) is 0. The van der Waals surface area contributed by atoms with Gasteiger partial charge in [0.25, 0.3) is 11.5 Å². The summed E-state index contributed by atoms with van der Waals surface area (Å²) in [4.78, 5) is 40.4. The number of thiophene rings is 1. The Morgan fingerprint density at radius 1 is 1.18 bits per heavy atom. The number of amides is 1. The third-order valence-electron chi connectivity index (χ3n) is 3.94. The van der Waals surface area contributed by atoms with Crippen LogP contribution in [0.15, 0.2) is 63.9 Å². The van der Waals surface area contributed by atoms with Crippen molar-refractivity contribution in [2.75, 3.05) is 5.32 Å². The van der Waals surface area contributed by atoms with Crippen molar-refractivity contribution >= 4 is 22.9 Å². The summed E-state index contributed by atoms with van der Waals surface area (Å²) in [6, 6.07) is 10.4. The van der Waals surface area contributed by atoms with Gasteiger partial charge in [-0.2, -0.15) is 0 Å². The van der Waals surface area contributed by atoms with E-state index in [4.69, 9.17) is 0 Å². The average molecular weight is 395 g/mol. The van der Waals surface area contributed by atoms with Gasteiger partial charge in [-0.25, -0.2) is 9.48 Å². The number of aromatic nitrogens is 6. The van der Waals surface area contributed by atoms with Crippen LogP contribution in [0.25, 0.3) is 5.69 Å². The van der Waals surface area contributed by atoms with Crippen LogP contribution < -0.4 is 16.6 Å². The van der Waals surface area contributed by atoms with E-state index in [1.54, 1.807) is 24.3 Å². The molecule has 28 heavy (non-hydrogen) atoms. The number of benzene rings is 1. The number of carbonyl (C=O) groups is 1. The zero-order valence-corrected chi connectivity index (χ0v) is 15.1. The topological polar surface area (TPSA) is 128 Å². The molecule has 0 radical (unpaired) electrons. The Labute approximate surface area is 161 Å². The SMILES string of the molecule is O=C(Nc1ccc(-n2cnnn2)cc1)c1c[nH]c(=O)n(Cc2cccs2)c1=O. The van der Waals surface area contributed by atoms with Crippen LogP contribution in [-0.4, -0.2) is 35.7 Å². The van der Waals surface area contributed by atoms with Gasteiger partial charge in [-0.05, 0) is 46.1 Å². The van der Waals surface area contributed by atoms with Crippen molar-refractivity contribution in [3.8, 4) is 5.69 Å². The van der Waals surface area contributed by atoms with Crippen molar-refractivity contribution in [3.05, 3.63) is 85.6 Å². The summed E-state index contributed by atoms with van der Waals surface area (Å²) < 4.78 is 2.47. The molecule has 1 aromatic carbocycles. The molecule has 11 heteroatoms. The third kappa shape index (κ3) is 3.50. The molecule has 0 atom stereocenters. The number of rotatable bonds is 5. The molecule has 0 saturated heterocycles. The van der Waals surface area contributed by atoms with E-state index in [1.807, 2.05) is 17.5 Å². The number of H-pyrrole nitrogens is 1. The number of nitrogens with zero attached hydrogens (tertiary/aromatic N) is 5. The van der Waals surface area contributed by atoms with Crippen molar-refractivity contribution in [1.82, 2.24) is 29.8 Å². The molecule has 0 saturated carbocycles. The Morgan fingerprint density at radius 2 is 2.00 bits per heavy atom. The zero-order chi connectivity index (χ0) is 19.5. The number of anilines is 1. The summed E-state index contributed by atoms with van der Waals surface area (Å²) >= 11 is 1.42. The second kappa shape index (κ2) is 7.40. The van der Waals surface area contributed by atoms with Gasteiger partial charge >= 0.3 is 5.69 Å². The molecule has 140 valence electrons. The van der Waals surface area contributed by atoms with Gasteiger partial charge in [0.2, 0.25) is 0 Å². The number of tetrazole rings is 1. The first-order valence-electron chi connectivity index (χ1n) is 8.11. The maximum Gasteiger partial charge on any atom is 0.328 e. The molecule has 4 aromatic rings. The minimum Gasteiger partial charge on any atom is -0.322 e. The van der Waals surface area contributed by atoms with Crippen molar-refractivity contribution in [2.45, 2.75) is 6.54 Å². The van der Waals surface area contributed by atoms with Gasteiger partial charge in [0.05, 0.1) is 12.2 Å². The Morgan fingerprint density at radius 3 is 2.68 bits per heavy atom. The molecule has 4 rings (SSSR count). The molecular weight excluding hydrogens is 382 g/mol. The van der Waals surface area contributed by atoms with Crippen LogP contribution in [0.3, 0.4) is 0 Å². The predicted molar refractivity (Wildman–Crippen MR) is 102 cm³/mol. The molecule has 10 nitrogen and oxygen atoms in total. The van der Waals surface area contributed by atoms with E-state index in [0.29, 0.717) is 11.4 Å². The number of nitrogens with one attached hydrogen (secondary N) is 2. The molecule has 1 amide bonds. The van der Waals surface area contributed by atoms with Gasteiger partial charge in [0.15, 0.2) is 0 Å². The van der Waals surface area contributed by atoms with Crippen molar-refractivity contribution in [2.24, 2.45) is 0 Å². The van der Waals surface area contributed by atoms with Crippen molar-refractivity contribution in [1.29, 1.82) is 0 Å². The fraction of sp³-hybridized carbons (Fsp3) is 0.0588. The summed E-state index contributed by atoms with van der Waals surface area (Å²) in [5, 5.41) is 15.4. The van der Waals surface area contributed by atoms with Crippen LogP contribution in [0.2, 0.25) is 0 Å². The van der Waals surface area contributed by atoms with E-state index >= 15 is 0 Å². The summed E-state index contributed by atoms with van der Waals surface area (Å²) in [5.74, 6) is -0.614. The van der Waals surface area contributed by atoms with Crippen LogP contribution >= 0.6 is 11.3 Å². The smallest absolute Gasteiger partial charge is 0.322 e. The normalized spacial score (nSPS) is 10.7. The second-order valence-corrected chi connectivity index (χ2v) is 6.77. The molecule has 3 aromatic heterocycles. The molecule has 0 aliphatic heterocycles. The van der Waals surface area contributed by atoms with E-state index in [1.165, 1.54) is 22.3 Å². The Hall–Kier alpha value is -3.86. The molecule has 2 N–H and O–H groups in total. The highest BCUT2D eigenvalue weighted by Gasteiger charge is 2.15. The van der Waals surface area contributed by atoms with Gasteiger partial charge in [-0.15, -0.1) is 16.4 Å². The Balaban J connectivity index is 1.56. The highest BCUT2D eigenvalue weighted by molar-refractivity contribution is 7.09. The van der Waals surface area contributed by atoms with E-state index in [9.17, 15) is 14.4 Å². The quantitative estimate of drug-likeness (QED) is 0.516. The summed E-state index contributed by atoms with van der Waals surface area (Å²) in [5.41, 5.74) is -0.177. The Kier molecular flexibility index (Phi) is 4.64. The molecule has 3 heterocycles. The fourth-order valence-electron chi connectivity index (χ4n) is 2.55. The first kappa shape index (κ1) is 17.5. The molecule has 0 aliphatic rings. The lowest BCUT2D eigenvalue weighted by molar-refractivity contribution is 0.102. The van der Waals surface area contributed by atoms with Gasteiger partial charge in [0, 0.05) is 16.8 Å². The first-order valence-corrected chi connectivity index (χ1v) is 8.99. The maximum atomic E-state index is 12.6. The lowest BCUT2D eigenvalue weighted by Crippen LogP contribution is -2.39. The van der Waals surface area contributed by atoms with Crippen LogP contribution in [-0.2, 0) is 6.54 Å². The predicted octanol–water partition coefficient (Wildman–Crippen LogP) is 0.874. The Bertz CT molecular complexity index is 1210. The van der Waals surface area contributed by atoms with E-state index < -0.39 is 17.2 Å². The number of aromatic amines is 1. The number of hydrogen-bond donors (Lipinski definition) is 2. The average Bonchev–Trinajstić information content (AvgIpc) is 3.40. The zero-order valence-electron chi connectivity index (χ0n) is 14.3. The minimum absolute atomic E-state index is 0.105. The van der Waals surface area contributed by atoms with Gasteiger partial charge in [-0.3, -0.25) is 14.2 Å². The molecule has 0 fully saturated rings. The molecule has 0 unspecified atom stereocenters. The van der Waals surface area contributed by atoms with Crippen molar-refractivity contribution in [3.63, 3.8) is 0 Å². The highest BCUT2D eigenvalue weighted by Crippen LogP contribution is 2.13. The lowest BCUT2D eigenvalue weighted by atomic mass is 10.2. The van der Waals surface area contributed by atoms with Crippen LogP contribution in [0, 0.1) is 0 Å². The minimum atomic E-state index is -0.653. The third-order valence-corrected chi connectivity index (χ3v) is 4.80. The number of carbonyl (C=O) groups excluding carboxylic acids is 1. The van der Waals surface area contributed by atoms with E-state index in [-0.39, 0.29) is 12.1 Å². The largest absolute Gasteiger partial charge is 0.328 e. The molecular formula is C17H13N7O3S. The fourth-order valence-corrected chi connectivity index (χ4v) is 3.24. The van der Waals surface area contributed by atoms with Crippen LogP contribution in [0.1, 0.15) is 15.2 Å². The highest BCUT2D eigenvalue weighted by atomic mass is 32.1. The van der Waals surface area contributed by atoms with Gasteiger partial charge < -0.3 is 10.3 Å². The maximum absolute atomic E-state index is 12.6. The van der Waals surface area contributed by atoms with Gasteiger partial charge in [0.1, 0.15) is 11.9 Å². The number of hydrogen-bond acceptors (Lipinski definition) is 7. The second-order valence-electron chi connectivity index (χ2n) is 5.73. The summed E-state index contributed by atoms with van der Waals surface area (Å²) in [6.45, 7) is 0.105. The van der Waals surface area contributed by atoms with Crippen LogP contribution in [0.5, 0.6) is 0 Å². The van der Waals surface area contributed by atoms with Crippen LogP contribution in [0.4, 0.5) is 5.69 Å². The van der Waals surface area contributed by atoms with E-state index in [2.05, 4.69) is 25.8 Å². The molecule has 0 bridgehead atoms. The molecule has 0 aliphatic carbocycles. The lowest BCUT2D eigenvalue weighted by Gasteiger charge is -2.08. The molecule has 0 spiro atoms. The standard InChI is InChI=1S/C17H13N7O3S/c25-15(20-11-3-5-12(6-4-11)24-10-19-21-22-24)14-8-18-17(27)23(16(14)26)9-13-2-1-7-28-13/h1-8,10H,9H2,(H,18,27)(H,20,25). The monoisotopic (exact) mass is 395 g/mol. The van der Waals surface area contributed by atoms with Crippen molar-refractivity contribution < 1.29 is 4.79 Å². The first-order chi connectivity index (χ1) is 13.6. The summed E-state index contributed by atoms with van der Waals surface area (Å²) in [6.07, 6.45) is 2.57. The van der Waals surface area contributed by atoms with E-state index in [0.717, 1.165) is 15.6 Å². The van der Waals surface area contributed by atoms with Gasteiger partial charge in [-0.1, -0.05) is 6.07 Å².